The van der Waals surface area contributed by atoms with Gasteiger partial charge in [-0.05, 0) is 27.2 Å². The lowest BCUT2D eigenvalue weighted by Crippen LogP contribution is -2.47. The smallest absolute Gasteiger partial charge is 0.0601 e. The second kappa shape index (κ2) is 3.52. The van der Waals surface area contributed by atoms with Gasteiger partial charge in [0.15, 0.2) is 0 Å². The highest BCUT2D eigenvalue weighted by molar-refractivity contribution is 6.21. The molecule has 2 atom stereocenters. The van der Waals surface area contributed by atoms with Gasteiger partial charge in [-0.2, -0.15) is 0 Å². The molecular weight excluding hydrogens is 174 g/mol. The maximum Gasteiger partial charge on any atom is 0.0601 e. The van der Waals surface area contributed by atoms with Crippen LogP contribution in [0.2, 0.25) is 0 Å². The molecule has 1 fully saturated rings. The molecule has 72 valence electrons. The number of hydrogen-bond acceptors (Lipinski definition) is 2. The van der Waals surface area contributed by atoms with E-state index in [1.54, 1.807) is 0 Å². The van der Waals surface area contributed by atoms with E-state index in [4.69, 9.17) is 16.7 Å². The van der Waals surface area contributed by atoms with E-state index in [1.165, 1.54) is 0 Å². The number of alkyl halides is 1. The summed E-state index contributed by atoms with van der Waals surface area (Å²) >= 11 is 6.08. The zero-order chi connectivity index (χ0) is 9.35. The Bertz CT molecular complexity index is 155. The Balaban J connectivity index is 2.67. The SMILES string of the molecule is CC(C)(C)N1CCC(Cl)C1CO. The van der Waals surface area contributed by atoms with E-state index in [0.29, 0.717) is 0 Å². The fourth-order valence-corrected chi connectivity index (χ4v) is 2.17. The maximum absolute atomic E-state index is 9.14. The van der Waals surface area contributed by atoms with E-state index in [2.05, 4.69) is 25.7 Å². The van der Waals surface area contributed by atoms with E-state index >= 15 is 0 Å². The van der Waals surface area contributed by atoms with Crippen molar-refractivity contribution in [2.45, 2.75) is 44.1 Å². The summed E-state index contributed by atoms with van der Waals surface area (Å²) in [6.45, 7) is 7.65. The topological polar surface area (TPSA) is 23.5 Å². The largest absolute Gasteiger partial charge is 0.395 e. The number of halogens is 1. The number of nitrogens with zero attached hydrogens (tertiary/aromatic N) is 1. The van der Waals surface area contributed by atoms with Crippen LogP contribution in [-0.4, -0.2) is 40.1 Å². The highest BCUT2D eigenvalue weighted by atomic mass is 35.5. The molecule has 2 nitrogen and oxygen atoms in total. The molecule has 0 radical (unpaired) electrons. The van der Waals surface area contributed by atoms with Crippen LogP contribution in [0.1, 0.15) is 27.2 Å². The molecule has 1 N–H and O–H groups in total. The highest BCUT2D eigenvalue weighted by Gasteiger charge is 2.37. The first-order valence-corrected chi connectivity index (χ1v) is 4.92. The highest BCUT2D eigenvalue weighted by Crippen LogP contribution is 2.29. The van der Waals surface area contributed by atoms with Gasteiger partial charge in [-0.1, -0.05) is 0 Å². The number of aliphatic hydroxyl groups is 1. The zero-order valence-corrected chi connectivity index (χ0v) is 8.80. The van der Waals surface area contributed by atoms with Gasteiger partial charge < -0.3 is 5.11 Å². The number of aliphatic hydroxyl groups excluding tert-OH is 1. The van der Waals surface area contributed by atoms with Crippen molar-refractivity contribution in [1.82, 2.24) is 4.90 Å². The first kappa shape index (κ1) is 10.3. The Morgan fingerprint density at radius 3 is 2.42 bits per heavy atom. The molecule has 1 aliphatic heterocycles. The van der Waals surface area contributed by atoms with Crippen LogP contribution >= 0.6 is 11.6 Å². The minimum atomic E-state index is 0.120. The summed E-state index contributed by atoms with van der Waals surface area (Å²) in [5.74, 6) is 0. The fourth-order valence-electron chi connectivity index (χ4n) is 1.86. The molecule has 1 saturated heterocycles. The van der Waals surface area contributed by atoms with Crippen LogP contribution in [0.25, 0.3) is 0 Å². The van der Waals surface area contributed by atoms with Gasteiger partial charge in [0, 0.05) is 18.1 Å². The van der Waals surface area contributed by atoms with E-state index in [0.717, 1.165) is 13.0 Å². The summed E-state index contributed by atoms with van der Waals surface area (Å²) in [5, 5.41) is 9.26. The predicted octanol–water partition coefficient (Wildman–Crippen LogP) is 1.46. The monoisotopic (exact) mass is 191 g/mol. The van der Waals surface area contributed by atoms with E-state index < -0.39 is 0 Å². The molecular formula is C9H18ClNO. The third-order valence-corrected chi connectivity index (χ3v) is 3.02. The standard InChI is InChI=1S/C9H18ClNO/c1-9(2,3)11-5-4-7(10)8(11)6-12/h7-8,12H,4-6H2,1-3H3. The van der Waals surface area contributed by atoms with Crippen molar-refractivity contribution in [3.8, 4) is 0 Å². The van der Waals surface area contributed by atoms with Crippen LogP contribution in [0.15, 0.2) is 0 Å². The van der Waals surface area contributed by atoms with Gasteiger partial charge >= 0.3 is 0 Å². The van der Waals surface area contributed by atoms with Crippen LogP contribution < -0.4 is 0 Å². The summed E-state index contributed by atoms with van der Waals surface area (Å²) in [7, 11) is 0. The first-order chi connectivity index (χ1) is 5.46. The predicted molar refractivity (Wildman–Crippen MR) is 51.6 cm³/mol. The van der Waals surface area contributed by atoms with E-state index in [9.17, 15) is 0 Å². The molecule has 0 amide bonds. The van der Waals surface area contributed by atoms with Gasteiger partial charge in [0.1, 0.15) is 0 Å². The van der Waals surface area contributed by atoms with Crippen molar-refractivity contribution in [2.75, 3.05) is 13.2 Å². The van der Waals surface area contributed by atoms with Gasteiger partial charge in [-0.15, -0.1) is 11.6 Å². The molecule has 0 aromatic carbocycles. The second-order valence-corrected chi connectivity index (χ2v) is 4.98. The Labute approximate surface area is 79.5 Å². The van der Waals surface area contributed by atoms with Gasteiger partial charge in [-0.25, -0.2) is 0 Å². The molecule has 1 heterocycles. The normalized spacial score (nSPS) is 32.8. The van der Waals surface area contributed by atoms with Crippen LogP contribution in [0.5, 0.6) is 0 Å². The first-order valence-electron chi connectivity index (χ1n) is 4.48. The third kappa shape index (κ3) is 1.93. The maximum atomic E-state index is 9.14. The van der Waals surface area contributed by atoms with Crippen LogP contribution in [-0.2, 0) is 0 Å². The third-order valence-electron chi connectivity index (χ3n) is 2.51. The molecule has 12 heavy (non-hydrogen) atoms. The lowest BCUT2D eigenvalue weighted by Gasteiger charge is -2.36. The lowest BCUT2D eigenvalue weighted by atomic mass is 10.1. The van der Waals surface area contributed by atoms with Crippen molar-refractivity contribution in [3.05, 3.63) is 0 Å². The number of likely N-dealkylation sites (tertiary alicyclic amines) is 1. The zero-order valence-electron chi connectivity index (χ0n) is 8.05. The molecule has 1 aliphatic rings. The van der Waals surface area contributed by atoms with Gasteiger partial charge in [0.2, 0.25) is 0 Å². The molecule has 0 aromatic rings. The lowest BCUT2D eigenvalue weighted by molar-refractivity contribution is 0.0814. The van der Waals surface area contributed by atoms with Crippen LogP contribution in [0.4, 0.5) is 0 Å². The summed E-state index contributed by atoms with van der Waals surface area (Å²) in [6.07, 6.45) is 0.990. The van der Waals surface area contributed by atoms with Crippen molar-refractivity contribution in [2.24, 2.45) is 0 Å². The molecule has 2 unspecified atom stereocenters. The molecule has 0 spiro atoms. The summed E-state index contributed by atoms with van der Waals surface area (Å²) in [5.41, 5.74) is 0.122. The quantitative estimate of drug-likeness (QED) is 0.635. The van der Waals surface area contributed by atoms with Crippen molar-refractivity contribution < 1.29 is 5.11 Å². The molecule has 3 heteroatoms. The van der Waals surface area contributed by atoms with Crippen molar-refractivity contribution in [1.29, 1.82) is 0 Å². The Kier molecular flexibility index (Phi) is 3.02. The molecule has 0 aromatic heterocycles. The molecule has 0 saturated carbocycles. The van der Waals surface area contributed by atoms with Crippen LogP contribution in [0, 0.1) is 0 Å². The second-order valence-electron chi connectivity index (χ2n) is 4.42. The van der Waals surface area contributed by atoms with Gasteiger partial charge in [0.05, 0.1) is 12.0 Å². The summed E-state index contributed by atoms with van der Waals surface area (Å²) < 4.78 is 0. The van der Waals surface area contributed by atoms with Crippen molar-refractivity contribution >= 4 is 11.6 Å². The number of rotatable bonds is 1. The van der Waals surface area contributed by atoms with Crippen molar-refractivity contribution in [3.63, 3.8) is 0 Å². The van der Waals surface area contributed by atoms with Gasteiger partial charge in [0.25, 0.3) is 0 Å². The summed E-state index contributed by atoms with van der Waals surface area (Å²) in [6, 6.07) is 0.145. The van der Waals surface area contributed by atoms with E-state index in [1.807, 2.05) is 0 Å². The van der Waals surface area contributed by atoms with Crippen LogP contribution in [0.3, 0.4) is 0 Å². The Hall–Kier alpha value is 0.210. The molecule has 0 bridgehead atoms. The average Bonchev–Trinajstić information content (AvgIpc) is 2.29. The Morgan fingerprint density at radius 1 is 1.50 bits per heavy atom. The fraction of sp³-hybridized carbons (Fsp3) is 1.00. The molecule has 1 rings (SSSR count). The average molecular weight is 192 g/mol. The minimum absolute atomic E-state index is 0.120. The van der Waals surface area contributed by atoms with E-state index in [-0.39, 0.29) is 23.6 Å². The Morgan fingerprint density at radius 2 is 2.08 bits per heavy atom. The minimum Gasteiger partial charge on any atom is -0.395 e. The van der Waals surface area contributed by atoms with Gasteiger partial charge in [-0.3, -0.25) is 4.90 Å². The molecule has 0 aliphatic carbocycles. The number of hydrogen-bond donors (Lipinski definition) is 1. The summed E-state index contributed by atoms with van der Waals surface area (Å²) in [4.78, 5) is 2.28.